The lowest BCUT2D eigenvalue weighted by Crippen LogP contribution is -1.97. The summed E-state index contributed by atoms with van der Waals surface area (Å²) in [5.41, 5.74) is 4.52. The Morgan fingerprint density at radius 1 is 1.09 bits per heavy atom. The molecule has 0 N–H and O–H groups in total. The summed E-state index contributed by atoms with van der Waals surface area (Å²) in [4.78, 5) is 15.7. The Labute approximate surface area is 135 Å². The van der Waals surface area contributed by atoms with Gasteiger partial charge in [-0.25, -0.2) is 0 Å². The van der Waals surface area contributed by atoms with Gasteiger partial charge < -0.3 is 0 Å². The number of pyridine rings is 1. The number of benzene rings is 1. The van der Waals surface area contributed by atoms with Crippen LogP contribution in [0.2, 0.25) is 0 Å². The van der Waals surface area contributed by atoms with Crippen LogP contribution >= 0.6 is 0 Å². The van der Waals surface area contributed by atoms with Crippen LogP contribution in [0, 0.1) is 0 Å². The number of rotatable bonds is 5. The molecule has 0 aliphatic carbocycles. The standard InChI is InChI=1S/C19H19N3O/c1-3-10-22-11-9-19(21-22)16-6-4-5-15(12-16)18-8-7-17(13-20-18)14(2)23/h4-9,11-13H,3,10H2,1-2H3. The van der Waals surface area contributed by atoms with Gasteiger partial charge in [0.15, 0.2) is 5.78 Å². The Morgan fingerprint density at radius 2 is 1.87 bits per heavy atom. The van der Waals surface area contributed by atoms with Crippen LogP contribution in [-0.2, 0) is 6.54 Å². The number of aryl methyl sites for hydroxylation is 1. The molecular formula is C19H19N3O. The van der Waals surface area contributed by atoms with Crippen LogP contribution in [0.3, 0.4) is 0 Å². The third-order valence-electron chi connectivity index (χ3n) is 3.72. The van der Waals surface area contributed by atoms with E-state index in [9.17, 15) is 4.79 Å². The number of ketones is 1. The lowest BCUT2D eigenvalue weighted by atomic mass is 10.0. The maximum Gasteiger partial charge on any atom is 0.161 e. The van der Waals surface area contributed by atoms with Crippen molar-refractivity contribution in [3.8, 4) is 22.5 Å². The van der Waals surface area contributed by atoms with Gasteiger partial charge in [-0.05, 0) is 37.6 Å². The summed E-state index contributed by atoms with van der Waals surface area (Å²) in [5.74, 6) is 0.0271. The van der Waals surface area contributed by atoms with E-state index in [-0.39, 0.29) is 5.78 Å². The largest absolute Gasteiger partial charge is 0.294 e. The van der Waals surface area contributed by atoms with Gasteiger partial charge in [-0.1, -0.05) is 25.1 Å². The summed E-state index contributed by atoms with van der Waals surface area (Å²) in [7, 11) is 0. The van der Waals surface area contributed by atoms with Crippen LogP contribution in [0.5, 0.6) is 0 Å². The van der Waals surface area contributed by atoms with Crippen LogP contribution in [0.15, 0.2) is 54.9 Å². The second-order valence-electron chi connectivity index (χ2n) is 5.53. The van der Waals surface area contributed by atoms with Crippen LogP contribution in [0.4, 0.5) is 0 Å². The van der Waals surface area contributed by atoms with Gasteiger partial charge in [0, 0.05) is 35.6 Å². The van der Waals surface area contributed by atoms with Crippen molar-refractivity contribution in [3.63, 3.8) is 0 Å². The van der Waals surface area contributed by atoms with Crippen LogP contribution < -0.4 is 0 Å². The van der Waals surface area contributed by atoms with Crippen LogP contribution in [0.1, 0.15) is 30.6 Å². The van der Waals surface area contributed by atoms with Gasteiger partial charge in [0.05, 0.1) is 11.4 Å². The van der Waals surface area contributed by atoms with Gasteiger partial charge in [0.2, 0.25) is 0 Å². The predicted molar refractivity (Wildman–Crippen MR) is 91.2 cm³/mol. The summed E-state index contributed by atoms with van der Waals surface area (Å²) < 4.78 is 1.96. The molecule has 3 aromatic rings. The number of nitrogens with zero attached hydrogens (tertiary/aromatic N) is 3. The van der Waals surface area contributed by atoms with E-state index in [2.05, 4.69) is 23.1 Å². The Hall–Kier alpha value is -2.75. The molecule has 4 nitrogen and oxygen atoms in total. The highest BCUT2D eigenvalue weighted by Gasteiger charge is 2.06. The minimum atomic E-state index is 0.0271. The number of hydrogen-bond donors (Lipinski definition) is 0. The maximum absolute atomic E-state index is 11.3. The first-order chi connectivity index (χ1) is 11.2. The zero-order valence-corrected chi connectivity index (χ0v) is 13.4. The Morgan fingerprint density at radius 3 is 2.52 bits per heavy atom. The van der Waals surface area contributed by atoms with E-state index in [1.807, 2.05) is 47.3 Å². The van der Waals surface area contributed by atoms with Crippen molar-refractivity contribution in [2.75, 3.05) is 0 Å². The van der Waals surface area contributed by atoms with Crippen molar-refractivity contribution in [2.24, 2.45) is 0 Å². The zero-order chi connectivity index (χ0) is 16.2. The molecular weight excluding hydrogens is 286 g/mol. The molecule has 23 heavy (non-hydrogen) atoms. The van der Waals surface area contributed by atoms with Crippen molar-refractivity contribution in [1.82, 2.24) is 14.8 Å². The maximum atomic E-state index is 11.3. The van der Waals surface area contributed by atoms with Gasteiger partial charge in [0.1, 0.15) is 0 Å². The smallest absolute Gasteiger partial charge is 0.161 e. The van der Waals surface area contributed by atoms with Crippen molar-refractivity contribution in [3.05, 3.63) is 60.4 Å². The van der Waals surface area contributed by atoms with Gasteiger partial charge in [-0.15, -0.1) is 0 Å². The fraction of sp³-hybridized carbons (Fsp3) is 0.211. The molecule has 0 saturated carbocycles. The number of aromatic nitrogens is 3. The van der Waals surface area contributed by atoms with E-state index in [0.29, 0.717) is 5.56 Å². The lowest BCUT2D eigenvalue weighted by Gasteiger charge is -2.04. The SMILES string of the molecule is CCCn1ccc(-c2cccc(-c3ccc(C(C)=O)cn3)c2)n1. The van der Waals surface area contributed by atoms with Gasteiger partial charge in [-0.3, -0.25) is 14.5 Å². The number of Topliss-reactive ketones (excluding diaryl/α,β-unsaturated/α-hetero) is 1. The number of carbonyl (C=O) groups is 1. The summed E-state index contributed by atoms with van der Waals surface area (Å²) in [5, 5.41) is 4.59. The van der Waals surface area contributed by atoms with E-state index in [4.69, 9.17) is 0 Å². The first-order valence-electron chi connectivity index (χ1n) is 7.78. The normalized spacial score (nSPS) is 10.7. The monoisotopic (exact) mass is 305 g/mol. The minimum Gasteiger partial charge on any atom is -0.294 e. The van der Waals surface area contributed by atoms with E-state index in [0.717, 1.165) is 35.5 Å². The van der Waals surface area contributed by atoms with Crippen LogP contribution in [-0.4, -0.2) is 20.5 Å². The molecule has 116 valence electrons. The van der Waals surface area contributed by atoms with Gasteiger partial charge >= 0.3 is 0 Å². The van der Waals surface area contributed by atoms with Gasteiger partial charge in [0.25, 0.3) is 0 Å². The first kappa shape index (κ1) is 15.2. The Bertz CT molecular complexity index is 819. The highest BCUT2D eigenvalue weighted by molar-refractivity contribution is 5.94. The zero-order valence-electron chi connectivity index (χ0n) is 13.4. The molecule has 0 radical (unpaired) electrons. The van der Waals surface area contributed by atoms with Crippen molar-refractivity contribution in [2.45, 2.75) is 26.8 Å². The number of hydrogen-bond acceptors (Lipinski definition) is 3. The molecule has 0 aliphatic rings. The average Bonchev–Trinajstić information content (AvgIpc) is 3.04. The third-order valence-corrected chi connectivity index (χ3v) is 3.72. The molecule has 0 fully saturated rings. The summed E-state index contributed by atoms with van der Waals surface area (Å²) in [6.07, 6.45) is 4.69. The molecule has 0 amide bonds. The molecule has 0 aliphatic heterocycles. The fourth-order valence-electron chi connectivity index (χ4n) is 2.48. The van der Waals surface area contributed by atoms with Gasteiger partial charge in [-0.2, -0.15) is 5.10 Å². The molecule has 2 aromatic heterocycles. The molecule has 0 bridgehead atoms. The highest BCUT2D eigenvalue weighted by Crippen LogP contribution is 2.24. The van der Waals surface area contributed by atoms with Crippen molar-refractivity contribution < 1.29 is 4.79 Å². The molecule has 0 unspecified atom stereocenters. The summed E-state index contributed by atoms with van der Waals surface area (Å²) in [6, 6.07) is 13.9. The van der Waals surface area contributed by atoms with Crippen LogP contribution in [0.25, 0.3) is 22.5 Å². The molecule has 3 rings (SSSR count). The number of carbonyl (C=O) groups excluding carboxylic acids is 1. The topological polar surface area (TPSA) is 47.8 Å². The van der Waals surface area contributed by atoms with Crippen molar-refractivity contribution in [1.29, 1.82) is 0 Å². The van der Waals surface area contributed by atoms with Crippen molar-refractivity contribution >= 4 is 5.78 Å². The summed E-state index contributed by atoms with van der Waals surface area (Å²) in [6.45, 7) is 4.61. The lowest BCUT2D eigenvalue weighted by molar-refractivity contribution is 0.101. The molecule has 0 atom stereocenters. The van der Waals surface area contributed by atoms with E-state index in [1.54, 1.807) is 13.1 Å². The Balaban J connectivity index is 1.91. The molecule has 4 heteroatoms. The van der Waals surface area contributed by atoms with E-state index < -0.39 is 0 Å². The quantitative estimate of drug-likeness (QED) is 0.663. The third kappa shape index (κ3) is 3.37. The molecule has 0 spiro atoms. The average molecular weight is 305 g/mol. The second kappa shape index (κ2) is 6.57. The second-order valence-corrected chi connectivity index (χ2v) is 5.53. The van der Waals surface area contributed by atoms with E-state index >= 15 is 0 Å². The highest BCUT2D eigenvalue weighted by atomic mass is 16.1. The summed E-state index contributed by atoms with van der Waals surface area (Å²) >= 11 is 0. The predicted octanol–water partition coefficient (Wildman–Crippen LogP) is 4.22. The molecule has 0 saturated heterocycles. The minimum absolute atomic E-state index is 0.0271. The first-order valence-corrected chi connectivity index (χ1v) is 7.78. The Kier molecular flexibility index (Phi) is 4.33. The fourth-order valence-corrected chi connectivity index (χ4v) is 2.48. The molecule has 1 aromatic carbocycles. The molecule has 2 heterocycles. The van der Waals surface area contributed by atoms with E-state index in [1.165, 1.54) is 0 Å².